The highest BCUT2D eigenvalue weighted by atomic mass is 32.1. The van der Waals surface area contributed by atoms with Gasteiger partial charge in [0.05, 0.1) is 0 Å². The van der Waals surface area contributed by atoms with Gasteiger partial charge in [-0.25, -0.2) is 4.98 Å². The maximum Gasteiger partial charge on any atom is 0.216 e. The van der Waals surface area contributed by atoms with Crippen molar-refractivity contribution in [2.45, 2.75) is 6.92 Å². The van der Waals surface area contributed by atoms with E-state index in [1.165, 1.54) is 11.6 Å². The fraction of sp³-hybridized carbons (Fsp3) is 0.273. The van der Waals surface area contributed by atoms with Crippen LogP contribution in [0, 0.1) is 0 Å². The number of nitrogens with one attached hydrogen (secondary N) is 2. The minimum atomic E-state index is -0.0106. The van der Waals surface area contributed by atoms with Crippen LogP contribution in [0.2, 0.25) is 0 Å². The number of carbonyl (C=O) groups excluding carboxylic acids is 1. The molecule has 0 aromatic carbocycles. The van der Waals surface area contributed by atoms with Gasteiger partial charge in [0.15, 0.2) is 0 Å². The van der Waals surface area contributed by atoms with E-state index in [0.29, 0.717) is 13.1 Å². The molecule has 4 nitrogen and oxygen atoms in total. The van der Waals surface area contributed by atoms with E-state index >= 15 is 0 Å². The number of nitrogens with zero attached hydrogens (tertiary/aromatic N) is 1. The number of rotatable bonds is 4. The van der Waals surface area contributed by atoms with Crippen LogP contribution in [-0.2, 0) is 4.79 Å². The third-order valence-electron chi connectivity index (χ3n) is 2.17. The van der Waals surface area contributed by atoms with Crippen molar-refractivity contribution in [1.29, 1.82) is 0 Å². The minimum Gasteiger partial charge on any atom is -0.368 e. The lowest BCUT2D eigenvalue weighted by Crippen LogP contribution is -2.26. The average Bonchev–Trinajstić information content (AvgIpc) is 2.72. The Morgan fingerprint density at radius 1 is 1.44 bits per heavy atom. The van der Waals surface area contributed by atoms with Gasteiger partial charge in [-0.3, -0.25) is 4.79 Å². The van der Waals surface area contributed by atoms with Gasteiger partial charge in [0.25, 0.3) is 0 Å². The van der Waals surface area contributed by atoms with Gasteiger partial charge in [0.1, 0.15) is 5.82 Å². The van der Waals surface area contributed by atoms with Gasteiger partial charge < -0.3 is 10.6 Å². The van der Waals surface area contributed by atoms with E-state index in [4.69, 9.17) is 0 Å². The third-order valence-corrected chi connectivity index (χ3v) is 3.05. The number of thiophene rings is 1. The number of aromatic nitrogens is 1. The monoisotopic (exact) mass is 235 g/mol. The van der Waals surface area contributed by atoms with Gasteiger partial charge in [0, 0.05) is 36.3 Å². The van der Waals surface area contributed by atoms with E-state index < -0.39 is 0 Å². The lowest BCUT2D eigenvalue weighted by atomic mass is 10.3. The molecule has 0 fully saturated rings. The normalized spacial score (nSPS) is 10.3. The van der Waals surface area contributed by atoms with Crippen molar-refractivity contribution < 1.29 is 4.79 Å². The van der Waals surface area contributed by atoms with Crippen molar-refractivity contribution in [3.63, 3.8) is 0 Å². The molecule has 0 saturated carbocycles. The Bertz CT molecular complexity index is 495. The summed E-state index contributed by atoms with van der Waals surface area (Å²) in [5.41, 5.74) is 0. The highest BCUT2D eigenvalue weighted by molar-refractivity contribution is 7.17. The molecule has 2 aromatic rings. The van der Waals surface area contributed by atoms with E-state index in [9.17, 15) is 4.79 Å². The summed E-state index contributed by atoms with van der Waals surface area (Å²) in [4.78, 5) is 15.0. The van der Waals surface area contributed by atoms with E-state index in [-0.39, 0.29) is 5.91 Å². The van der Waals surface area contributed by atoms with Gasteiger partial charge in [-0.05, 0) is 17.5 Å². The predicted octanol–water partition coefficient (Wildman–Crippen LogP) is 1.84. The summed E-state index contributed by atoms with van der Waals surface area (Å²) in [7, 11) is 0. The van der Waals surface area contributed by atoms with E-state index in [1.807, 2.05) is 17.5 Å². The van der Waals surface area contributed by atoms with Crippen LogP contribution < -0.4 is 10.6 Å². The van der Waals surface area contributed by atoms with Crippen molar-refractivity contribution in [2.75, 3.05) is 18.4 Å². The molecule has 2 aromatic heterocycles. The Morgan fingerprint density at radius 2 is 2.31 bits per heavy atom. The van der Waals surface area contributed by atoms with Crippen LogP contribution in [0.3, 0.4) is 0 Å². The number of fused-ring (bicyclic) bond motifs is 1. The summed E-state index contributed by atoms with van der Waals surface area (Å²) in [6.07, 6.45) is 1.79. The van der Waals surface area contributed by atoms with Crippen LogP contribution >= 0.6 is 11.3 Å². The first-order valence-corrected chi connectivity index (χ1v) is 5.96. The molecular formula is C11H13N3OS. The van der Waals surface area contributed by atoms with Crippen molar-refractivity contribution in [2.24, 2.45) is 0 Å². The molecule has 2 rings (SSSR count). The Kier molecular flexibility index (Phi) is 3.36. The average molecular weight is 235 g/mol. The van der Waals surface area contributed by atoms with Crippen LogP contribution in [0.15, 0.2) is 23.7 Å². The van der Waals surface area contributed by atoms with Crippen molar-refractivity contribution >= 4 is 33.1 Å². The molecule has 0 aliphatic carbocycles. The summed E-state index contributed by atoms with van der Waals surface area (Å²) in [6, 6.07) is 4.05. The standard InChI is InChI=1S/C11H13N3OS/c1-8(15)12-5-6-14-11-9-3-7-16-10(9)2-4-13-11/h2-4,7H,5-6H2,1H3,(H,12,15)(H,13,14). The molecule has 0 bridgehead atoms. The maximum atomic E-state index is 10.7. The largest absolute Gasteiger partial charge is 0.368 e. The summed E-state index contributed by atoms with van der Waals surface area (Å²) >= 11 is 1.70. The number of hydrogen-bond donors (Lipinski definition) is 2. The molecule has 0 radical (unpaired) electrons. The predicted molar refractivity (Wildman–Crippen MR) is 66.8 cm³/mol. The van der Waals surface area contributed by atoms with Gasteiger partial charge >= 0.3 is 0 Å². The highest BCUT2D eigenvalue weighted by Crippen LogP contribution is 2.25. The fourth-order valence-electron chi connectivity index (χ4n) is 1.46. The summed E-state index contributed by atoms with van der Waals surface area (Å²) < 4.78 is 1.22. The Labute approximate surface area is 97.7 Å². The molecule has 1 amide bonds. The topological polar surface area (TPSA) is 54.0 Å². The molecule has 5 heteroatoms. The van der Waals surface area contributed by atoms with Crippen molar-refractivity contribution in [3.05, 3.63) is 23.7 Å². The van der Waals surface area contributed by atoms with E-state index in [2.05, 4.69) is 15.6 Å². The van der Waals surface area contributed by atoms with Gasteiger partial charge in [-0.2, -0.15) is 0 Å². The molecule has 16 heavy (non-hydrogen) atoms. The van der Waals surface area contributed by atoms with Crippen LogP contribution in [0.5, 0.6) is 0 Å². The molecule has 2 N–H and O–H groups in total. The molecule has 0 saturated heterocycles. The second-order valence-corrected chi connectivity index (χ2v) is 4.35. The zero-order valence-electron chi connectivity index (χ0n) is 8.99. The quantitative estimate of drug-likeness (QED) is 0.795. The molecule has 0 atom stereocenters. The molecule has 84 valence electrons. The lowest BCUT2D eigenvalue weighted by molar-refractivity contribution is -0.118. The number of carbonyl (C=O) groups is 1. The van der Waals surface area contributed by atoms with Crippen LogP contribution in [0.4, 0.5) is 5.82 Å². The number of amides is 1. The second-order valence-electron chi connectivity index (χ2n) is 3.40. The van der Waals surface area contributed by atoms with Gasteiger partial charge in [-0.15, -0.1) is 11.3 Å². The van der Waals surface area contributed by atoms with Crippen LogP contribution in [-0.4, -0.2) is 24.0 Å². The SMILES string of the molecule is CC(=O)NCCNc1nccc2sccc12. The molecule has 0 aliphatic heterocycles. The third kappa shape index (κ3) is 2.49. The van der Waals surface area contributed by atoms with Gasteiger partial charge in [0.2, 0.25) is 5.91 Å². The number of hydrogen-bond acceptors (Lipinski definition) is 4. The summed E-state index contributed by atoms with van der Waals surface area (Å²) in [5.74, 6) is 0.868. The molecule has 0 spiro atoms. The zero-order chi connectivity index (χ0) is 11.4. The summed E-state index contributed by atoms with van der Waals surface area (Å²) in [5, 5.41) is 9.12. The Hall–Kier alpha value is -1.62. The fourth-order valence-corrected chi connectivity index (χ4v) is 2.24. The number of pyridine rings is 1. The molecule has 0 aliphatic rings. The smallest absolute Gasteiger partial charge is 0.216 e. The molecule has 2 heterocycles. The minimum absolute atomic E-state index is 0.0106. The number of anilines is 1. The second kappa shape index (κ2) is 4.94. The first-order chi connectivity index (χ1) is 7.77. The summed E-state index contributed by atoms with van der Waals surface area (Å²) in [6.45, 7) is 2.80. The lowest BCUT2D eigenvalue weighted by Gasteiger charge is -2.06. The van der Waals surface area contributed by atoms with Crippen molar-refractivity contribution in [1.82, 2.24) is 10.3 Å². The maximum absolute atomic E-state index is 10.7. The molecular weight excluding hydrogens is 222 g/mol. The highest BCUT2D eigenvalue weighted by Gasteiger charge is 2.01. The van der Waals surface area contributed by atoms with Gasteiger partial charge in [-0.1, -0.05) is 0 Å². The zero-order valence-corrected chi connectivity index (χ0v) is 9.80. The van der Waals surface area contributed by atoms with E-state index in [0.717, 1.165) is 11.2 Å². The van der Waals surface area contributed by atoms with Crippen LogP contribution in [0.1, 0.15) is 6.92 Å². The Morgan fingerprint density at radius 3 is 3.12 bits per heavy atom. The van der Waals surface area contributed by atoms with E-state index in [1.54, 1.807) is 17.5 Å². The first-order valence-electron chi connectivity index (χ1n) is 5.08. The Balaban J connectivity index is 1.98. The molecule has 0 unspecified atom stereocenters. The van der Waals surface area contributed by atoms with Crippen LogP contribution in [0.25, 0.3) is 10.1 Å². The first kappa shape index (κ1) is 10.9. The van der Waals surface area contributed by atoms with Crippen molar-refractivity contribution in [3.8, 4) is 0 Å².